The molecule has 6 heteroatoms. The highest BCUT2D eigenvalue weighted by molar-refractivity contribution is 5.85. The summed E-state index contributed by atoms with van der Waals surface area (Å²) in [6.45, 7) is 1.80. The molecule has 4 nitrogen and oxygen atoms in total. The van der Waals surface area contributed by atoms with Gasteiger partial charge in [0.1, 0.15) is 5.75 Å². The van der Waals surface area contributed by atoms with E-state index in [1.165, 1.54) is 18.2 Å². The Labute approximate surface area is 128 Å². The molecule has 0 spiro atoms. The smallest absolute Gasteiger partial charge is 0.353 e. The summed E-state index contributed by atoms with van der Waals surface area (Å²) in [6, 6.07) is 5.25. The van der Waals surface area contributed by atoms with Crippen molar-refractivity contribution in [3.63, 3.8) is 0 Å². The molecule has 1 aromatic rings. The second-order valence-corrected chi connectivity index (χ2v) is 5.43. The lowest BCUT2D eigenvalue weighted by atomic mass is 10.0. The van der Waals surface area contributed by atoms with E-state index in [4.69, 9.17) is 9.84 Å². The van der Waals surface area contributed by atoms with Crippen molar-refractivity contribution in [2.24, 2.45) is 5.92 Å². The number of hydrogen-bond acceptors (Lipinski definition) is 3. The lowest BCUT2D eigenvalue weighted by molar-refractivity contribution is -0.148. The summed E-state index contributed by atoms with van der Waals surface area (Å²) in [5.74, 6) is -4.82. The summed E-state index contributed by atoms with van der Waals surface area (Å²) in [5.41, 5.74) is -0.437. The first-order chi connectivity index (χ1) is 10.5. The molecule has 22 heavy (non-hydrogen) atoms. The number of amides is 1. The van der Waals surface area contributed by atoms with Crippen LogP contribution in [0.2, 0.25) is 0 Å². The molecule has 1 unspecified atom stereocenters. The number of aliphatic hydroxyl groups excluding tert-OH is 1. The van der Waals surface area contributed by atoms with Gasteiger partial charge in [0.2, 0.25) is 0 Å². The highest BCUT2D eigenvalue weighted by Gasteiger charge is 2.45. The van der Waals surface area contributed by atoms with Gasteiger partial charge >= 0.3 is 5.92 Å². The van der Waals surface area contributed by atoms with Crippen LogP contribution in [-0.2, 0) is 10.7 Å². The monoisotopic (exact) mass is 313 g/mol. The molecule has 0 radical (unpaired) electrons. The predicted octanol–water partition coefficient (Wildman–Crippen LogP) is 2.45. The number of carbonyl (C=O) groups excluding carboxylic acids is 1. The minimum absolute atomic E-state index is 0.00952. The SMILES string of the molecule is CCOc1ccccc1C(F)(F)C(=O)NC(CCO)C1CC1. The molecule has 0 bridgehead atoms. The maximum Gasteiger partial charge on any atom is 0.353 e. The third kappa shape index (κ3) is 3.74. The highest BCUT2D eigenvalue weighted by atomic mass is 19.3. The van der Waals surface area contributed by atoms with Crippen molar-refractivity contribution in [1.29, 1.82) is 0 Å². The van der Waals surface area contributed by atoms with Crippen molar-refractivity contribution >= 4 is 5.91 Å². The van der Waals surface area contributed by atoms with E-state index in [0.717, 1.165) is 12.8 Å². The van der Waals surface area contributed by atoms with E-state index in [1.54, 1.807) is 13.0 Å². The number of nitrogens with one attached hydrogen (secondary N) is 1. The third-order valence-corrected chi connectivity index (χ3v) is 3.76. The number of carbonyl (C=O) groups is 1. The number of alkyl halides is 2. The minimum Gasteiger partial charge on any atom is -0.493 e. The molecule has 2 rings (SSSR count). The van der Waals surface area contributed by atoms with Crippen LogP contribution in [0.15, 0.2) is 24.3 Å². The van der Waals surface area contributed by atoms with E-state index < -0.39 is 23.4 Å². The van der Waals surface area contributed by atoms with Gasteiger partial charge in [-0.15, -0.1) is 0 Å². The zero-order valence-corrected chi connectivity index (χ0v) is 12.5. The largest absolute Gasteiger partial charge is 0.493 e. The fourth-order valence-corrected chi connectivity index (χ4v) is 2.45. The van der Waals surface area contributed by atoms with Gasteiger partial charge in [-0.2, -0.15) is 8.78 Å². The Hall–Kier alpha value is -1.69. The van der Waals surface area contributed by atoms with Gasteiger partial charge in [0.05, 0.1) is 12.2 Å². The zero-order chi connectivity index (χ0) is 16.2. The van der Waals surface area contributed by atoms with Crippen LogP contribution >= 0.6 is 0 Å². The molecule has 1 aromatic carbocycles. The summed E-state index contributed by atoms with van der Waals surface area (Å²) < 4.78 is 34.1. The number of halogens is 2. The fraction of sp³-hybridized carbons (Fsp3) is 0.562. The lowest BCUT2D eigenvalue weighted by Gasteiger charge is -2.23. The number of hydrogen-bond donors (Lipinski definition) is 2. The van der Waals surface area contributed by atoms with Crippen LogP contribution < -0.4 is 10.1 Å². The fourth-order valence-electron chi connectivity index (χ4n) is 2.45. The van der Waals surface area contributed by atoms with Gasteiger partial charge in [-0.05, 0) is 44.2 Å². The van der Waals surface area contributed by atoms with Gasteiger partial charge in [0.25, 0.3) is 5.91 Å². The Balaban J connectivity index is 2.16. The molecule has 2 N–H and O–H groups in total. The van der Waals surface area contributed by atoms with Crippen molar-refractivity contribution in [3.8, 4) is 5.75 Å². The number of rotatable bonds is 8. The van der Waals surface area contributed by atoms with Crippen molar-refractivity contribution in [3.05, 3.63) is 29.8 Å². The van der Waals surface area contributed by atoms with E-state index in [1.807, 2.05) is 0 Å². The van der Waals surface area contributed by atoms with Gasteiger partial charge in [0, 0.05) is 12.6 Å². The Morgan fingerprint density at radius 3 is 2.73 bits per heavy atom. The Bertz CT molecular complexity index is 518. The van der Waals surface area contributed by atoms with E-state index in [-0.39, 0.29) is 24.9 Å². The van der Waals surface area contributed by atoms with Crippen molar-refractivity contribution < 1.29 is 23.4 Å². The van der Waals surface area contributed by atoms with Crippen LogP contribution in [0, 0.1) is 5.92 Å². The van der Waals surface area contributed by atoms with E-state index in [0.29, 0.717) is 6.42 Å². The molecule has 0 heterocycles. The molecule has 1 fully saturated rings. The van der Waals surface area contributed by atoms with Crippen molar-refractivity contribution in [2.75, 3.05) is 13.2 Å². The molecule has 1 saturated carbocycles. The van der Waals surface area contributed by atoms with E-state index >= 15 is 0 Å². The molecule has 122 valence electrons. The first-order valence-corrected chi connectivity index (χ1v) is 7.52. The van der Waals surface area contributed by atoms with Crippen LogP contribution in [-0.4, -0.2) is 30.3 Å². The average molecular weight is 313 g/mol. The summed E-state index contributed by atoms with van der Waals surface area (Å²) in [6.07, 6.45) is 2.08. The maximum absolute atomic E-state index is 14.5. The van der Waals surface area contributed by atoms with E-state index in [9.17, 15) is 13.6 Å². The summed E-state index contributed by atoms with van der Waals surface area (Å²) in [5, 5.41) is 11.4. The first-order valence-electron chi connectivity index (χ1n) is 7.52. The molecular formula is C16H21F2NO3. The zero-order valence-electron chi connectivity index (χ0n) is 12.5. The molecule has 1 atom stereocenters. The van der Waals surface area contributed by atoms with Crippen molar-refractivity contribution in [2.45, 2.75) is 38.2 Å². The Morgan fingerprint density at radius 2 is 2.14 bits per heavy atom. The van der Waals surface area contributed by atoms with Crippen LogP contribution in [0.3, 0.4) is 0 Å². The molecule has 1 aliphatic carbocycles. The summed E-state index contributed by atoms with van der Waals surface area (Å²) in [4.78, 5) is 12.0. The van der Waals surface area contributed by atoms with Crippen LogP contribution in [0.5, 0.6) is 5.75 Å². The van der Waals surface area contributed by atoms with Gasteiger partial charge in [-0.3, -0.25) is 4.79 Å². The van der Waals surface area contributed by atoms with Gasteiger partial charge in [0.15, 0.2) is 0 Å². The average Bonchev–Trinajstić information content (AvgIpc) is 3.32. The Morgan fingerprint density at radius 1 is 1.45 bits per heavy atom. The molecular weight excluding hydrogens is 292 g/mol. The molecule has 0 saturated heterocycles. The summed E-state index contributed by atoms with van der Waals surface area (Å²) >= 11 is 0. The molecule has 0 aliphatic heterocycles. The molecule has 1 aliphatic rings. The maximum atomic E-state index is 14.5. The van der Waals surface area contributed by atoms with Crippen LogP contribution in [0.1, 0.15) is 31.7 Å². The lowest BCUT2D eigenvalue weighted by Crippen LogP contribution is -2.45. The van der Waals surface area contributed by atoms with Gasteiger partial charge in [-0.1, -0.05) is 12.1 Å². The second-order valence-electron chi connectivity index (χ2n) is 5.43. The standard InChI is InChI=1S/C16H21F2NO3/c1-2-22-14-6-4-3-5-12(14)16(17,18)15(21)19-13(9-10-20)11-7-8-11/h3-6,11,13,20H,2,7-10H2,1H3,(H,19,21). The first kappa shape index (κ1) is 16.7. The van der Waals surface area contributed by atoms with E-state index in [2.05, 4.69) is 5.32 Å². The number of benzene rings is 1. The predicted molar refractivity (Wildman–Crippen MR) is 77.9 cm³/mol. The third-order valence-electron chi connectivity index (χ3n) is 3.76. The highest BCUT2D eigenvalue weighted by Crippen LogP contribution is 2.37. The van der Waals surface area contributed by atoms with Crippen LogP contribution in [0.4, 0.5) is 8.78 Å². The number of para-hydroxylation sites is 1. The minimum atomic E-state index is -3.67. The van der Waals surface area contributed by atoms with Crippen LogP contribution in [0.25, 0.3) is 0 Å². The normalized spacial score (nSPS) is 16.2. The number of aliphatic hydroxyl groups is 1. The van der Waals surface area contributed by atoms with Gasteiger partial charge in [-0.25, -0.2) is 0 Å². The topological polar surface area (TPSA) is 58.6 Å². The van der Waals surface area contributed by atoms with Gasteiger partial charge < -0.3 is 15.2 Å². The van der Waals surface area contributed by atoms with Crippen molar-refractivity contribution in [1.82, 2.24) is 5.32 Å². The second kappa shape index (κ2) is 7.05. The number of ether oxygens (including phenoxy) is 1. The molecule has 0 aromatic heterocycles. The quantitative estimate of drug-likeness (QED) is 0.775. The molecule has 1 amide bonds. The summed E-state index contributed by atoms with van der Waals surface area (Å²) in [7, 11) is 0. The Kier molecular flexibility index (Phi) is 5.34.